The number of rotatable bonds is 3. The van der Waals surface area contributed by atoms with Gasteiger partial charge in [-0.2, -0.15) is 0 Å². The Kier molecular flexibility index (Phi) is 8.92. The van der Waals surface area contributed by atoms with Gasteiger partial charge in [0.15, 0.2) is 0 Å². The van der Waals surface area contributed by atoms with Crippen molar-refractivity contribution in [3.05, 3.63) is 28.8 Å². The van der Waals surface area contributed by atoms with Gasteiger partial charge in [-0.3, -0.25) is 0 Å². The summed E-state index contributed by atoms with van der Waals surface area (Å²) in [5.74, 6) is -0.560. The van der Waals surface area contributed by atoms with Crippen molar-refractivity contribution in [2.45, 2.75) is 19.3 Å². The number of nitrogens with one attached hydrogen (secondary N) is 1. The molecule has 0 spiro atoms. The highest BCUT2D eigenvalue weighted by Gasteiger charge is 2.11. The molecule has 1 aromatic rings. The Morgan fingerprint density at radius 3 is 2.67 bits per heavy atom. The van der Waals surface area contributed by atoms with Gasteiger partial charge in [0, 0.05) is 17.7 Å². The summed E-state index contributed by atoms with van der Waals surface area (Å²) in [6.07, 6.45) is 3.04. The largest absolute Gasteiger partial charge is 0.312 e. The van der Waals surface area contributed by atoms with Crippen molar-refractivity contribution in [1.29, 1.82) is 5.41 Å². The van der Waals surface area contributed by atoms with Gasteiger partial charge in [0.25, 0.3) is 0 Å². The quantitative estimate of drug-likeness (QED) is 0.659. The SMILES string of the molecule is CC[C@@H](C=N)c1cc(F)cnc1Cl.Cl.Cl. The first-order chi connectivity index (χ1) is 6.19. The van der Waals surface area contributed by atoms with Crippen LogP contribution in [0.25, 0.3) is 0 Å². The Labute approximate surface area is 106 Å². The third-order valence-corrected chi connectivity index (χ3v) is 2.19. The lowest BCUT2D eigenvalue weighted by molar-refractivity contribution is 0.617. The van der Waals surface area contributed by atoms with Gasteiger partial charge in [0.2, 0.25) is 0 Å². The van der Waals surface area contributed by atoms with E-state index in [1.165, 1.54) is 12.3 Å². The van der Waals surface area contributed by atoms with Crippen molar-refractivity contribution >= 4 is 42.6 Å². The van der Waals surface area contributed by atoms with Crippen LogP contribution in [-0.2, 0) is 0 Å². The molecule has 0 aromatic carbocycles. The van der Waals surface area contributed by atoms with Crippen LogP contribution in [0.3, 0.4) is 0 Å². The van der Waals surface area contributed by atoms with Crippen LogP contribution in [0.15, 0.2) is 12.3 Å². The zero-order chi connectivity index (χ0) is 9.84. The van der Waals surface area contributed by atoms with E-state index in [4.69, 9.17) is 17.0 Å². The molecule has 1 heterocycles. The summed E-state index contributed by atoms with van der Waals surface area (Å²) >= 11 is 5.77. The van der Waals surface area contributed by atoms with Crippen molar-refractivity contribution < 1.29 is 4.39 Å². The topological polar surface area (TPSA) is 36.7 Å². The maximum absolute atomic E-state index is 12.8. The van der Waals surface area contributed by atoms with Gasteiger partial charge < -0.3 is 5.41 Å². The first kappa shape index (κ1) is 17.0. The molecule has 1 rings (SSSR count). The summed E-state index contributed by atoms with van der Waals surface area (Å²) < 4.78 is 12.8. The minimum Gasteiger partial charge on any atom is -0.312 e. The first-order valence-electron chi connectivity index (χ1n) is 4.00. The second kappa shape index (κ2) is 7.85. The summed E-state index contributed by atoms with van der Waals surface area (Å²) in [5.41, 5.74) is 0.583. The lowest BCUT2D eigenvalue weighted by atomic mass is 10.00. The van der Waals surface area contributed by atoms with E-state index in [1.54, 1.807) is 0 Å². The van der Waals surface area contributed by atoms with Crippen molar-refractivity contribution in [3.8, 4) is 0 Å². The van der Waals surface area contributed by atoms with Crippen molar-refractivity contribution in [2.75, 3.05) is 0 Å². The van der Waals surface area contributed by atoms with E-state index in [2.05, 4.69) is 4.98 Å². The van der Waals surface area contributed by atoms with E-state index in [0.29, 0.717) is 12.0 Å². The monoisotopic (exact) mass is 272 g/mol. The fourth-order valence-electron chi connectivity index (χ4n) is 1.13. The van der Waals surface area contributed by atoms with E-state index < -0.39 is 5.82 Å². The van der Waals surface area contributed by atoms with E-state index in [-0.39, 0.29) is 35.9 Å². The van der Waals surface area contributed by atoms with Crippen LogP contribution >= 0.6 is 36.4 Å². The maximum atomic E-state index is 12.8. The molecule has 0 amide bonds. The van der Waals surface area contributed by atoms with Crippen molar-refractivity contribution in [1.82, 2.24) is 4.98 Å². The van der Waals surface area contributed by atoms with Gasteiger partial charge in [0.1, 0.15) is 11.0 Å². The van der Waals surface area contributed by atoms with Crippen LogP contribution in [-0.4, -0.2) is 11.2 Å². The van der Waals surface area contributed by atoms with Crippen LogP contribution < -0.4 is 0 Å². The van der Waals surface area contributed by atoms with Crippen LogP contribution in [0.1, 0.15) is 24.8 Å². The number of halogens is 4. The van der Waals surface area contributed by atoms with Gasteiger partial charge in [-0.25, -0.2) is 9.37 Å². The molecule has 0 saturated heterocycles. The molecule has 0 aliphatic rings. The third kappa shape index (κ3) is 4.33. The van der Waals surface area contributed by atoms with Gasteiger partial charge in [0.05, 0.1) is 6.20 Å². The fraction of sp³-hybridized carbons (Fsp3) is 0.333. The molecule has 0 aliphatic carbocycles. The molecule has 0 bridgehead atoms. The van der Waals surface area contributed by atoms with Crippen molar-refractivity contribution in [2.24, 2.45) is 0 Å². The van der Waals surface area contributed by atoms with Crippen LogP contribution in [0, 0.1) is 11.2 Å². The molecule has 2 nitrogen and oxygen atoms in total. The summed E-state index contributed by atoms with van der Waals surface area (Å²) in [6.45, 7) is 1.91. The molecule has 0 unspecified atom stereocenters. The average molecular weight is 274 g/mol. The molecule has 0 aliphatic heterocycles. The summed E-state index contributed by atoms with van der Waals surface area (Å²) in [4.78, 5) is 3.68. The second-order valence-electron chi connectivity index (χ2n) is 2.71. The number of hydrogen-bond acceptors (Lipinski definition) is 2. The van der Waals surface area contributed by atoms with Gasteiger partial charge in [-0.05, 0) is 12.5 Å². The second-order valence-corrected chi connectivity index (χ2v) is 3.07. The number of nitrogens with zero attached hydrogens (tertiary/aromatic N) is 1. The maximum Gasteiger partial charge on any atom is 0.141 e. The molecule has 6 heteroatoms. The number of hydrogen-bond donors (Lipinski definition) is 1. The highest BCUT2D eigenvalue weighted by molar-refractivity contribution is 6.30. The molecule has 0 saturated carbocycles. The van der Waals surface area contributed by atoms with Gasteiger partial charge >= 0.3 is 0 Å². The van der Waals surface area contributed by atoms with Crippen molar-refractivity contribution in [3.63, 3.8) is 0 Å². The predicted molar refractivity (Wildman–Crippen MR) is 65.5 cm³/mol. The predicted octanol–water partition coefficient (Wildman–Crippen LogP) is 3.86. The van der Waals surface area contributed by atoms with Crippen LogP contribution in [0.5, 0.6) is 0 Å². The Balaban J connectivity index is 0. The van der Waals surface area contributed by atoms with E-state index in [0.717, 1.165) is 6.20 Å². The Morgan fingerprint density at radius 2 is 2.20 bits per heavy atom. The molecular formula is C9H12Cl3FN2. The highest BCUT2D eigenvalue weighted by atomic mass is 35.5. The fourth-order valence-corrected chi connectivity index (χ4v) is 1.37. The van der Waals surface area contributed by atoms with Gasteiger partial charge in [-0.15, -0.1) is 24.8 Å². The zero-order valence-electron chi connectivity index (χ0n) is 8.04. The highest BCUT2D eigenvalue weighted by Crippen LogP contribution is 2.24. The molecule has 0 radical (unpaired) electrons. The van der Waals surface area contributed by atoms with Gasteiger partial charge in [-0.1, -0.05) is 18.5 Å². The Morgan fingerprint density at radius 1 is 1.60 bits per heavy atom. The van der Waals surface area contributed by atoms with E-state index in [1.807, 2.05) is 6.92 Å². The summed E-state index contributed by atoms with van der Waals surface area (Å²) in [7, 11) is 0. The zero-order valence-corrected chi connectivity index (χ0v) is 10.4. The van der Waals surface area contributed by atoms with E-state index >= 15 is 0 Å². The Hall–Kier alpha value is -0.380. The Bertz CT molecular complexity index is 320. The molecule has 1 atom stereocenters. The standard InChI is InChI=1S/C9H10ClFN2.2ClH/c1-2-6(4-12)8-3-7(11)5-13-9(8)10;;/h3-6,12H,2H2,1H3;2*1H/t6-;;/m0../s1. The molecule has 1 aromatic heterocycles. The number of pyridine rings is 1. The molecule has 15 heavy (non-hydrogen) atoms. The van der Waals surface area contributed by atoms with Crippen LogP contribution in [0.2, 0.25) is 5.15 Å². The first-order valence-corrected chi connectivity index (χ1v) is 4.38. The third-order valence-electron chi connectivity index (χ3n) is 1.87. The minimum atomic E-state index is -0.417. The van der Waals surface area contributed by atoms with Crippen LogP contribution in [0.4, 0.5) is 4.39 Å². The smallest absolute Gasteiger partial charge is 0.141 e. The summed E-state index contributed by atoms with van der Waals surface area (Å²) in [6, 6.07) is 1.33. The molecule has 0 fully saturated rings. The minimum absolute atomic E-state index is 0. The lowest BCUT2D eigenvalue weighted by Gasteiger charge is -2.09. The summed E-state index contributed by atoms with van der Waals surface area (Å²) in [5, 5.41) is 7.41. The molecule has 86 valence electrons. The lowest BCUT2D eigenvalue weighted by Crippen LogP contribution is -2.01. The number of aromatic nitrogens is 1. The average Bonchev–Trinajstić information content (AvgIpc) is 2.13. The van der Waals surface area contributed by atoms with E-state index in [9.17, 15) is 4.39 Å². The molecule has 1 N–H and O–H groups in total. The normalized spacial score (nSPS) is 10.9. The molecular weight excluding hydrogens is 261 g/mol.